The van der Waals surface area contributed by atoms with Gasteiger partial charge in [0.05, 0.1) is 21.8 Å². The second-order valence-corrected chi connectivity index (χ2v) is 10.7. The standard InChI is InChI=1S/C31H30ClF3N6O2/c1-36-28-15-19(10-13-37-28)23-5-4-12-38-30(23)43-22-7-8-25(32)26(17-22)39-29(42)24-16-20(31(33,34)35)6-9-27(24)41-14-11-21(18-41)40(2)3/h4-10,12-13,15-17,21H,11,14,18H2,1-3H3,(H,36,37)(H,39,42). The quantitative estimate of drug-likeness (QED) is 0.221. The van der Waals surface area contributed by atoms with Gasteiger partial charge in [-0.25, -0.2) is 9.97 Å². The van der Waals surface area contributed by atoms with Crippen LogP contribution in [0.2, 0.25) is 5.02 Å². The minimum absolute atomic E-state index is 0.0957. The molecule has 2 aromatic heterocycles. The van der Waals surface area contributed by atoms with Crippen molar-refractivity contribution in [2.45, 2.75) is 18.6 Å². The second kappa shape index (κ2) is 12.5. The maximum Gasteiger partial charge on any atom is 0.416 e. The summed E-state index contributed by atoms with van der Waals surface area (Å²) < 4.78 is 47.1. The first-order valence-electron chi connectivity index (χ1n) is 13.5. The van der Waals surface area contributed by atoms with Crippen LogP contribution in [0.3, 0.4) is 0 Å². The van der Waals surface area contributed by atoms with Crippen molar-refractivity contribution in [3.05, 3.63) is 89.2 Å². The van der Waals surface area contributed by atoms with Crippen LogP contribution in [0.15, 0.2) is 73.1 Å². The molecule has 1 aliphatic rings. The van der Waals surface area contributed by atoms with Crippen LogP contribution in [0.25, 0.3) is 11.1 Å². The van der Waals surface area contributed by atoms with Gasteiger partial charge in [-0.3, -0.25) is 4.79 Å². The maximum atomic E-state index is 13.7. The number of pyridine rings is 2. The topological polar surface area (TPSA) is 82.6 Å². The van der Waals surface area contributed by atoms with Gasteiger partial charge in [0.25, 0.3) is 5.91 Å². The molecule has 5 rings (SSSR count). The van der Waals surface area contributed by atoms with Crippen LogP contribution in [-0.2, 0) is 6.18 Å². The molecule has 8 nitrogen and oxygen atoms in total. The minimum atomic E-state index is -4.61. The zero-order chi connectivity index (χ0) is 30.7. The number of alkyl halides is 3. The van der Waals surface area contributed by atoms with E-state index in [9.17, 15) is 18.0 Å². The van der Waals surface area contributed by atoms with Crippen LogP contribution in [0, 0.1) is 0 Å². The van der Waals surface area contributed by atoms with Gasteiger partial charge in [-0.15, -0.1) is 0 Å². The van der Waals surface area contributed by atoms with Crippen molar-refractivity contribution in [1.82, 2.24) is 14.9 Å². The number of amides is 1. The SMILES string of the molecule is CNc1cc(-c2cccnc2Oc2ccc(Cl)c(NC(=O)c3cc(C(F)(F)F)ccc3N3CCC(N(C)C)C3)c2)ccn1. The van der Waals surface area contributed by atoms with E-state index in [0.717, 1.165) is 24.1 Å². The first-order chi connectivity index (χ1) is 20.5. The number of ether oxygens (including phenoxy) is 1. The Morgan fingerprint density at radius 3 is 2.60 bits per heavy atom. The lowest BCUT2D eigenvalue weighted by Gasteiger charge is -2.24. The fourth-order valence-corrected chi connectivity index (χ4v) is 5.11. The van der Waals surface area contributed by atoms with E-state index in [-0.39, 0.29) is 22.3 Å². The predicted octanol–water partition coefficient (Wildman–Crippen LogP) is 7.04. The summed E-state index contributed by atoms with van der Waals surface area (Å²) in [4.78, 5) is 26.2. The lowest BCUT2D eigenvalue weighted by atomic mass is 10.1. The van der Waals surface area contributed by atoms with E-state index in [2.05, 4.69) is 25.5 Å². The molecule has 3 heterocycles. The van der Waals surface area contributed by atoms with E-state index in [0.29, 0.717) is 41.8 Å². The smallest absolute Gasteiger partial charge is 0.416 e. The molecule has 1 aliphatic heterocycles. The Hall–Kier alpha value is -4.35. The number of carbonyl (C=O) groups is 1. The molecule has 1 unspecified atom stereocenters. The van der Waals surface area contributed by atoms with Crippen LogP contribution in [0.4, 0.5) is 30.4 Å². The molecular formula is C31H30ClF3N6O2. The zero-order valence-corrected chi connectivity index (χ0v) is 24.5. The van der Waals surface area contributed by atoms with Gasteiger partial charge >= 0.3 is 6.18 Å². The summed E-state index contributed by atoms with van der Waals surface area (Å²) in [5.74, 6) is 0.576. The van der Waals surface area contributed by atoms with E-state index in [1.54, 1.807) is 31.6 Å². The largest absolute Gasteiger partial charge is 0.438 e. The number of nitrogens with zero attached hydrogens (tertiary/aromatic N) is 4. The molecule has 4 aromatic rings. The summed E-state index contributed by atoms with van der Waals surface area (Å²) in [5.41, 5.74) is 1.13. The molecule has 1 atom stereocenters. The lowest BCUT2D eigenvalue weighted by Crippen LogP contribution is -2.32. The van der Waals surface area contributed by atoms with E-state index in [1.807, 2.05) is 37.2 Å². The highest BCUT2D eigenvalue weighted by molar-refractivity contribution is 6.34. The van der Waals surface area contributed by atoms with Gasteiger partial charge in [-0.05, 0) is 80.7 Å². The number of hydrogen-bond donors (Lipinski definition) is 2. The summed E-state index contributed by atoms with van der Waals surface area (Å²) in [6.07, 6.45) is -0.532. The van der Waals surface area contributed by atoms with Crippen molar-refractivity contribution in [3.63, 3.8) is 0 Å². The molecule has 0 saturated carbocycles. The van der Waals surface area contributed by atoms with Crippen LogP contribution in [-0.4, -0.2) is 61.0 Å². The number of benzene rings is 2. The van der Waals surface area contributed by atoms with Gasteiger partial charge in [0, 0.05) is 55.9 Å². The molecule has 0 spiro atoms. The van der Waals surface area contributed by atoms with Crippen LogP contribution < -0.4 is 20.3 Å². The van der Waals surface area contributed by atoms with Crippen molar-refractivity contribution in [2.75, 3.05) is 49.8 Å². The second-order valence-electron chi connectivity index (χ2n) is 10.3. The zero-order valence-electron chi connectivity index (χ0n) is 23.7. The molecule has 0 bridgehead atoms. The average Bonchev–Trinajstić information content (AvgIpc) is 3.49. The van der Waals surface area contributed by atoms with Gasteiger partial charge < -0.3 is 25.2 Å². The Morgan fingerprint density at radius 1 is 1.07 bits per heavy atom. The number of hydrogen-bond acceptors (Lipinski definition) is 7. The molecule has 224 valence electrons. The lowest BCUT2D eigenvalue weighted by molar-refractivity contribution is -0.137. The van der Waals surface area contributed by atoms with E-state index < -0.39 is 17.6 Å². The molecule has 1 amide bonds. The van der Waals surface area contributed by atoms with E-state index in [1.165, 1.54) is 18.2 Å². The first kappa shape index (κ1) is 30.1. The Kier molecular flexibility index (Phi) is 8.74. The molecule has 2 aromatic carbocycles. The summed E-state index contributed by atoms with van der Waals surface area (Å²) in [6, 6.07) is 15.4. The average molecular weight is 611 g/mol. The monoisotopic (exact) mass is 610 g/mol. The number of rotatable bonds is 8. The van der Waals surface area contributed by atoms with Crippen molar-refractivity contribution in [1.29, 1.82) is 0 Å². The fraction of sp³-hybridized carbons (Fsp3) is 0.258. The van der Waals surface area contributed by atoms with Crippen LogP contribution in [0.5, 0.6) is 11.6 Å². The number of halogens is 4. The normalized spacial score (nSPS) is 15.1. The fourth-order valence-electron chi connectivity index (χ4n) is 4.94. The number of aromatic nitrogens is 2. The third-order valence-electron chi connectivity index (χ3n) is 7.30. The molecule has 0 aliphatic carbocycles. The highest BCUT2D eigenvalue weighted by Crippen LogP contribution is 2.37. The summed E-state index contributed by atoms with van der Waals surface area (Å²) in [5, 5.41) is 5.89. The van der Waals surface area contributed by atoms with E-state index in [4.69, 9.17) is 16.3 Å². The van der Waals surface area contributed by atoms with Crippen molar-refractivity contribution in [2.24, 2.45) is 0 Å². The van der Waals surface area contributed by atoms with Crippen molar-refractivity contribution in [3.8, 4) is 22.8 Å². The van der Waals surface area contributed by atoms with Gasteiger partial charge in [0.2, 0.25) is 5.88 Å². The number of anilines is 3. The highest BCUT2D eigenvalue weighted by Gasteiger charge is 2.34. The molecule has 1 saturated heterocycles. The van der Waals surface area contributed by atoms with Gasteiger partial charge in [-0.2, -0.15) is 13.2 Å². The summed E-state index contributed by atoms with van der Waals surface area (Å²) in [7, 11) is 5.68. The number of likely N-dealkylation sites (N-methyl/N-ethyl adjacent to an activating group) is 1. The Bertz CT molecular complexity index is 1630. The minimum Gasteiger partial charge on any atom is -0.438 e. The van der Waals surface area contributed by atoms with Gasteiger partial charge in [0.15, 0.2) is 0 Å². The molecule has 12 heteroatoms. The Labute approximate surface area is 252 Å². The molecule has 2 N–H and O–H groups in total. The predicted molar refractivity (Wildman–Crippen MR) is 162 cm³/mol. The Balaban J connectivity index is 1.44. The molecular weight excluding hydrogens is 581 g/mol. The van der Waals surface area contributed by atoms with Crippen molar-refractivity contribution < 1.29 is 22.7 Å². The van der Waals surface area contributed by atoms with Crippen molar-refractivity contribution >= 4 is 34.7 Å². The molecule has 0 radical (unpaired) electrons. The number of carbonyl (C=O) groups excluding carboxylic acids is 1. The third-order valence-corrected chi connectivity index (χ3v) is 7.63. The van der Waals surface area contributed by atoms with Gasteiger partial charge in [-0.1, -0.05) is 11.6 Å². The first-order valence-corrected chi connectivity index (χ1v) is 13.9. The Morgan fingerprint density at radius 2 is 1.88 bits per heavy atom. The van der Waals surface area contributed by atoms with E-state index >= 15 is 0 Å². The van der Waals surface area contributed by atoms with Crippen LogP contribution in [0.1, 0.15) is 22.3 Å². The summed E-state index contributed by atoms with van der Waals surface area (Å²) in [6.45, 7) is 1.20. The molecule has 43 heavy (non-hydrogen) atoms. The highest BCUT2D eigenvalue weighted by atomic mass is 35.5. The summed E-state index contributed by atoms with van der Waals surface area (Å²) >= 11 is 6.42. The molecule has 1 fully saturated rings. The van der Waals surface area contributed by atoms with Crippen LogP contribution >= 0.6 is 11.6 Å². The maximum absolute atomic E-state index is 13.7. The number of nitrogens with one attached hydrogen (secondary N) is 2. The van der Waals surface area contributed by atoms with Gasteiger partial charge in [0.1, 0.15) is 11.6 Å². The third kappa shape index (κ3) is 6.84.